The highest BCUT2D eigenvalue weighted by atomic mass is 19.1. The summed E-state index contributed by atoms with van der Waals surface area (Å²) in [4.78, 5) is 14.9. The van der Waals surface area contributed by atoms with Crippen LogP contribution in [0.1, 0.15) is 38.4 Å². The summed E-state index contributed by atoms with van der Waals surface area (Å²) in [5.74, 6) is 0.241. The van der Waals surface area contributed by atoms with E-state index in [1.54, 1.807) is 0 Å². The number of piperidine rings is 3. The second-order valence-electron chi connectivity index (χ2n) is 8.78. The van der Waals surface area contributed by atoms with Gasteiger partial charge >= 0.3 is 0 Å². The van der Waals surface area contributed by atoms with Gasteiger partial charge < -0.3 is 9.47 Å². The van der Waals surface area contributed by atoms with Crippen molar-refractivity contribution in [2.75, 3.05) is 13.1 Å². The Hall–Kier alpha value is -3.14. The molecule has 0 radical (unpaired) electrons. The number of nitrogens with zero attached hydrogens (tertiary/aromatic N) is 2. The molecule has 3 aliphatic heterocycles. The highest BCUT2D eigenvalue weighted by Gasteiger charge is 2.35. The van der Waals surface area contributed by atoms with Crippen molar-refractivity contribution in [1.29, 1.82) is 0 Å². The van der Waals surface area contributed by atoms with Gasteiger partial charge in [-0.3, -0.25) is 4.79 Å². The molecule has 31 heavy (non-hydrogen) atoms. The van der Waals surface area contributed by atoms with Crippen LogP contribution < -0.4 is 0 Å². The second kappa shape index (κ2) is 7.84. The maximum absolute atomic E-state index is 13.6. The zero-order valence-corrected chi connectivity index (χ0v) is 18.0. The van der Waals surface area contributed by atoms with Crippen LogP contribution in [0.15, 0.2) is 66.4 Å². The summed E-state index contributed by atoms with van der Waals surface area (Å²) in [6.45, 7) is 6.30. The smallest absolute Gasteiger partial charge is 0.182 e. The topological polar surface area (TPSA) is 25.2 Å². The lowest BCUT2D eigenvalue weighted by Crippen LogP contribution is -2.45. The van der Waals surface area contributed by atoms with Crippen molar-refractivity contribution < 1.29 is 9.18 Å². The van der Waals surface area contributed by atoms with Gasteiger partial charge in [-0.1, -0.05) is 36.4 Å². The van der Waals surface area contributed by atoms with Crippen molar-refractivity contribution in [3.8, 4) is 11.1 Å². The molecule has 0 unspecified atom stereocenters. The Labute approximate surface area is 182 Å². The number of aromatic nitrogens is 1. The number of carbonyl (C=O) groups is 1. The molecule has 0 N–H and O–H groups in total. The van der Waals surface area contributed by atoms with Crippen LogP contribution >= 0.6 is 0 Å². The molecular formula is C27H27FN2O. The minimum atomic E-state index is -0.238. The largest absolute Gasteiger partial charge is 0.369 e. The molecule has 158 valence electrons. The molecule has 0 spiro atoms. The van der Waals surface area contributed by atoms with E-state index < -0.39 is 0 Å². The predicted octanol–water partition coefficient (Wildman–Crippen LogP) is 6.22. The Morgan fingerprint density at radius 1 is 1.03 bits per heavy atom. The summed E-state index contributed by atoms with van der Waals surface area (Å²) in [6, 6.07) is 15.3. The van der Waals surface area contributed by atoms with Crippen molar-refractivity contribution >= 4 is 22.8 Å². The van der Waals surface area contributed by atoms with E-state index in [-0.39, 0.29) is 23.6 Å². The number of rotatable bonds is 4. The van der Waals surface area contributed by atoms with Crippen LogP contribution in [0.3, 0.4) is 0 Å². The number of ketones is 1. The van der Waals surface area contributed by atoms with Crippen LogP contribution in [0.4, 0.5) is 4.39 Å². The van der Waals surface area contributed by atoms with Crippen molar-refractivity contribution in [2.45, 2.75) is 32.7 Å². The first kappa shape index (κ1) is 19.8. The van der Waals surface area contributed by atoms with E-state index in [1.807, 2.05) is 30.4 Å². The first-order chi connectivity index (χ1) is 15.0. The van der Waals surface area contributed by atoms with Crippen molar-refractivity contribution in [3.05, 3.63) is 77.9 Å². The molecule has 2 bridgehead atoms. The molecular weight excluding hydrogens is 387 g/mol. The monoisotopic (exact) mass is 414 g/mol. The quantitative estimate of drug-likeness (QED) is 0.474. The fourth-order valence-corrected chi connectivity index (χ4v) is 5.09. The Balaban J connectivity index is 1.65. The number of hydrogen-bond donors (Lipinski definition) is 0. The van der Waals surface area contributed by atoms with Gasteiger partial charge in [-0.25, -0.2) is 4.39 Å². The molecule has 4 heteroatoms. The van der Waals surface area contributed by atoms with Gasteiger partial charge in [0, 0.05) is 47.2 Å². The summed E-state index contributed by atoms with van der Waals surface area (Å²) in [7, 11) is 0. The first-order valence-electron chi connectivity index (χ1n) is 11.1. The number of allylic oxidation sites excluding steroid dienone is 3. The van der Waals surface area contributed by atoms with Gasteiger partial charge in [-0.2, -0.15) is 0 Å². The first-order valence-corrected chi connectivity index (χ1v) is 11.1. The number of halogens is 1. The second-order valence-corrected chi connectivity index (χ2v) is 8.78. The molecule has 3 aromatic rings. The Bertz CT molecular complexity index is 1190. The number of benzene rings is 2. The van der Waals surface area contributed by atoms with E-state index in [1.165, 1.54) is 12.1 Å². The maximum atomic E-state index is 13.6. The third-order valence-electron chi connectivity index (χ3n) is 6.56. The van der Waals surface area contributed by atoms with Gasteiger partial charge in [-0.05, 0) is 62.6 Å². The third kappa shape index (κ3) is 3.40. The summed E-state index contributed by atoms with van der Waals surface area (Å²) in [6.07, 6.45) is 8.05. The van der Waals surface area contributed by atoms with Gasteiger partial charge in [-0.15, -0.1) is 0 Å². The van der Waals surface area contributed by atoms with Crippen molar-refractivity contribution in [3.63, 3.8) is 0 Å². The fraction of sp³-hybridized carbons (Fsp3) is 0.296. The molecule has 0 atom stereocenters. The number of fused-ring (bicyclic) bond motifs is 4. The number of para-hydroxylation sites is 1. The Kier molecular flexibility index (Phi) is 5.01. The molecule has 2 aromatic carbocycles. The lowest BCUT2D eigenvalue weighted by atomic mass is 9.85. The summed E-state index contributed by atoms with van der Waals surface area (Å²) < 4.78 is 15.9. The van der Waals surface area contributed by atoms with Crippen LogP contribution in [-0.4, -0.2) is 28.3 Å². The van der Waals surface area contributed by atoms with Gasteiger partial charge in [0.05, 0.1) is 5.70 Å². The molecule has 3 nitrogen and oxygen atoms in total. The van der Waals surface area contributed by atoms with E-state index in [0.29, 0.717) is 0 Å². The molecule has 3 aliphatic rings. The number of Topliss-reactive ketones (excluding diaryl/α,β-unsaturated/α-hetero) is 1. The SMILES string of the molecule is CC(C)n1c(C=CC=C2C(=O)C3CCN2CC3)c(-c2ccc(F)cc2)c2ccccc21. The highest BCUT2D eigenvalue weighted by molar-refractivity contribution is 6.01. The zero-order valence-electron chi connectivity index (χ0n) is 18.0. The van der Waals surface area contributed by atoms with E-state index in [9.17, 15) is 9.18 Å². The number of hydrogen-bond acceptors (Lipinski definition) is 2. The highest BCUT2D eigenvalue weighted by Crippen LogP contribution is 2.38. The summed E-state index contributed by atoms with van der Waals surface area (Å²) >= 11 is 0. The van der Waals surface area contributed by atoms with Gasteiger partial charge in [0.15, 0.2) is 5.78 Å². The van der Waals surface area contributed by atoms with Crippen LogP contribution in [0.25, 0.3) is 28.1 Å². The normalized spacial score (nSPS) is 18.4. The molecule has 3 saturated heterocycles. The minimum absolute atomic E-state index is 0.196. The number of carbonyl (C=O) groups excluding carboxylic acids is 1. The lowest BCUT2D eigenvalue weighted by Gasteiger charge is -2.40. The average Bonchev–Trinajstić information content (AvgIpc) is 3.11. The van der Waals surface area contributed by atoms with E-state index in [4.69, 9.17) is 0 Å². The van der Waals surface area contributed by atoms with Crippen molar-refractivity contribution in [2.24, 2.45) is 5.92 Å². The van der Waals surface area contributed by atoms with Crippen molar-refractivity contribution in [1.82, 2.24) is 9.47 Å². The maximum Gasteiger partial charge on any atom is 0.182 e. The molecule has 1 aromatic heterocycles. The Morgan fingerprint density at radius 3 is 2.42 bits per heavy atom. The molecule has 6 rings (SSSR count). The molecule has 0 amide bonds. The summed E-state index contributed by atoms with van der Waals surface area (Å²) in [5, 5.41) is 1.15. The van der Waals surface area contributed by atoms with Gasteiger partial charge in [0.25, 0.3) is 0 Å². The fourth-order valence-electron chi connectivity index (χ4n) is 5.09. The predicted molar refractivity (Wildman–Crippen MR) is 124 cm³/mol. The molecule has 0 aliphatic carbocycles. The summed E-state index contributed by atoms with van der Waals surface area (Å²) in [5.41, 5.74) is 5.15. The van der Waals surface area contributed by atoms with E-state index in [2.05, 4.69) is 47.6 Å². The molecule has 4 heterocycles. The van der Waals surface area contributed by atoms with E-state index >= 15 is 0 Å². The standard InChI is InChI=1S/C27H27FN2O/c1-18(2)30-23-7-4-3-6-22(23)26(19-10-12-21(28)13-11-19)24(30)8-5-9-25-27(31)20-14-16-29(25)17-15-20/h3-13,18,20H,14-17H2,1-2H3. The lowest BCUT2D eigenvalue weighted by molar-refractivity contribution is -0.125. The molecule has 0 saturated carbocycles. The van der Waals surface area contributed by atoms with Crippen LogP contribution in [-0.2, 0) is 4.79 Å². The molecule has 3 fully saturated rings. The van der Waals surface area contributed by atoms with Crippen LogP contribution in [0, 0.1) is 11.7 Å². The zero-order chi connectivity index (χ0) is 21.5. The minimum Gasteiger partial charge on any atom is -0.369 e. The third-order valence-corrected chi connectivity index (χ3v) is 6.56. The van der Waals surface area contributed by atoms with Crippen LogP contribution in [0.2, 0.25) is 0 Å². The Morgan fingerprint density at radius 2 is 1.74 bits per heavy atom. The van der Waals surface area contributed by atoms with Crippen LogP contribution in [0.5, 0.6) is 0 Å². The van der Waals surface area contributed by atoms with Gasteiger partial charge in [0.2, 0.25) is 0 Å². The average molecular weight is 415 g/mol. The van der Waals surface area contributed by atoms with E-state index in [0.717, 1.165) is 59.4 Å². The van der Waals surface area contributed by atoms with Gasteiger partial charge in [0.1, 0.15) is 5.82 Å².